The highest BCUT2D eigenvalue weighted by Gasteiger charge is 2.25. The van der Waals surface area contributed by atoms with E-state index in [0.717, 1.165) is 10.5 Å². The maximum absolute atomic E-state index is 12.3. The van der Waals surface area contributed by atoms with Crippen LogP contribution in [0, 0.1) is 5.92 Å². The SMILES string of the molecule is CSc1ccc(C(CC(=O)O)NC(=O)C2CCOCC2)cc1. The lowest BCUT2D eigenvalue weighted by Crippen LogP contribution is -2.37. The third-order valence-electron chi connectivity index (χ3n) is 3.81. The Bertz CT molecular complexity index is 511. The molecule has 6 heteroatoms. The first kappa shape index (κ1) is 16.8. The summed E-state index contributed by atoms with van der Waals surface area (Å²) in [6.45, 7) is 1.17. The molecule has 1 fully saturated rings. The molecule has 0 spiro atoms. The predicted molar refractivity (Wildman–Crippen MR) is 84.9 cm³/mol. The van der Waals surface area contributed by atoms with Crippen molar-refractivity contribution in [2.24, 2.45) is 5.92 Å². The van der Waals surface area contributed by atoms with Gasteiger partial charge in [0.1, 0.15) is 0 Å². The highest BCUT2D eigenvalue weighted by Crippen LogP contribution is 2.23. The van der Waals surface area contributed by atoms with Crippen LogP contribution in [0.15, 0.2) is 29.2 Å². The highest BCUT2D eigenvalue weighted by atomic mass is 32.2. The molecule has 22 heavy (non-hydrogen) atoms. The molecule has 5 nitrogen and oxygen atoms in total. The van der Waals surface area contributed by atoms with E-state index in [1.807, 2.05) is 30.5 Å². The van der Waals surface area contributed by atoms with Crippen LogP contribution >= 0.6 is 11.8 Å². The Labute approximate surface area is 134 Å². The second-order valence-corrected chi connectivity index (χ2v) is 6.20. The van der Waals surface area contributed by atoms with Crippen molar-refractivity contribution in [3.05, 3.63) is 29.8 Å². The van der Waals surface area contributed by atoms with Gasteiger partial charge in [-0.3, -0.25) is 9.59 Å². The Morgan fingerprint density at radius 2 is 1.95 bits per heavy atom. The van der Waals surface area contributed by atoms with Gasteiger partial charge in [0.25, 0.3) is 0 Å². The van der Waals surface area contributed by atoms with Gasteiger partial charge in [-0.2, -0.15) is 0 Å². The molecule has 1 aromatic carbocycles. The first-order valence-corrected chi connectivity index (χ1v) is 8.56. The molecule has 1 aliphatic heterocycles. The summed E-state index contributed by atoms with van der Waals surface area (Å²) in [5.74, 6) is -1.09. The van der Waals surface area contributed by atoms with Gasteiger partial charge in [0.05, 0.1) is 12.5 Å². The van der Waals surface area contributed by atoms with E-state index in [4.69, 9.17) is 9.84 Å². The Hall–Kier alpha value is -1.53. The lowest BCUT2D eigenvalue weighted by Gasteiger charge is -2.24. The lowest BCUT2D eigenvalue weighted by molar-refractivity contribution is -0.138. The van der Waals surface area contributed by atoms with Gasteiger partial charge in [0, 0.05) is 24.0 Å². The van der Waals surface area contributed by atoms with Crippen LogP contribution in [0.25, 0.3) is 0 Å². The van der Waals surface area contributed by atoms with Crippen LogP contribution in [0.2, 0.25) is 0 Å². The van der Waals surface area contributed by atoms with Gasteiger partial charge in [0.15, 0.2) is 0 Å². The van der Waals surface area contributed by atoms with E-state index in [-0.39, 0.29) is 18.2 Å². The molecular formula is C16H21NO4S. The summed E-state index contributed by atoms with van der Waals surface area (Å²) in [6.07, 6.45) is 3.25. The van der Waals surface area contributed by atoms with Gasteiger partial charge >= 0.3 is 5.97 Å². The molecule has 0 aromatic heterocycles. The third kappa shape index (κ3) is 4.74. The Kier molecular flexibility index (Phi) is 6.27. The highest BCUT2D eigenvalue weighted by molar-refractivity contribution is 7.98. The number of aliphatic carboxylic acids is 1. The van der Waals surface area contributed by atoms with Crippen LogP contribution in [-0.2, 0) is 14.3 Å². The largest absolute Gasteiger partial charge is 0.481 e. The number of thioether (sulfide) groups is 1. The zero-order chi connectivity index (χ0) is 15.9. The maximum atomic E-state index is 12.3. The Balaban J connectivity index is 2.07. The van der Waals surface area contributed by atoms with Crippen molar-refractivity contribution < 1.29 is 19.4 Å². The minimum Gasteiger partial charge on any atom is -0.481 e. The normalized spacial score (nSPS) is 17.0. The number of rotatable bonds is 6. The number of nitrogens with one attached hydrogen (secondary N) is 1. The lowest BCUT2D eigenvalue weighted by atomic mass is 9.97. The summed E-state index contributed by atoms with van der Waals surface area (Å²) in [7, 11) is 0. The number of hydrogen-bond acceptors (Lipinski definition) is 4. The second kappa shape index (κ2) is 8.19. The fourth-order valence-corrected chi connectivity index (χ4v) is 2.92. The molecule has 0 radical (unpaired) electrons. The monoisotopic (exact) mass is 323 g/mol. The fourth-order valence-electron chi connectivity index (χ4n) is 2.51. The molecule has 0 bridgehead atoms. The topological polar surface area (TPSA) is 75.6 Å². The fraction of sp³-hybridized carbons (Fsp3) is 0.500. The average Bonchev–Trinajstić information content (AvgIpc) is 2.54. The first-order valence-electron chi connectivity index (χ1n) is 7.34. The van der Waals surface area contributed by atoms with Gasteiger partial charge in [-0.25, -0.2) is 0 Å². The minimum absolute atomic E-state index is 0.0801. The summed E-state index contributed by atoms with van der Waals surface area (Å²) in [4.78, 5) is 24.5. The Morgan fingerprint density at radius 1 is 1.32 bits per heavy atom. The van der Waals surface area contributed by atoms with Crippen LogP contribution in [-0.4, -0.2) is 36.5 Å². The minimum atomic E-state index is -0.925. The molecule has 1 amide bonds. The van der Waals surface area contributed by atoms with Gasteiger partial charge in [0.2, 0.25) is 5.91 Å². The van der Waals surface area contributed by atoms with Crippen molar-refractivity contribution in [3.63, 3.8) is 0 Å². The number of amides is 1. The summed E-state index contributed by atoms with van der Waals surface area (Å²) in [5, 5.41) is 12.0. The average molecular weight is 323 g/mol. The maximum Gasteiger partial charge on any atom is 0.305 e. The van der Waals surface area contributed by atoms with Crippen molar-refractivity contribution >= 4 is 23.6 Å². The Morgan fingerprint density at radius 3 is 2.50 bits per heavy atom. The summed E-state index contributed by atoms with van der Waals surface area (Å²) < 4.78 is 5.25. The van der Waals surface area contributed by atoms with E-state index in [1.54, 1.807) is 11.8 Å². The van der Waals surface area contributed by atoms with Crippen molar-refractivity contribution in [1.82, 2.24) is 5.32 Å². The zero-order valence-electron chi connectivity index (χ0n) is 12.6. The van der Waals surface area contributed by atoms with Gasteiger partial charge < -0.3 is 15.2 Å². The van der Waals surface area contributed by atoms with Gasteiger partial charge in [-0.15, -0.1) is 11.8 Å². The standard InChI is InChI=1S/C16H21NO4S/c1-22-13-4-2-11(3-5-13)14(10-15(18)19)17-16(20)12-6-8-21-9-7-12/h2-5,12,14H,6-10H2,1H3,(H,17,20)(H,18,19). The van der Waals surface area contributed by atoms with E-state index >= 15 is 0 Å². The van der Waals surface area contributed by atoms with Crippen LogP contribution in [0.5, 0.6) is 0 Å². The molecule has 1 aromatic rings. The van der Waals surface area contributed by atoms with Crippen LogP contribution in [0.1, 0.15) is 30.9 Å². The summed E-state index contributed by atoms with van der Waals surface area (Å²) in [6, 6.07) is 7.14. The molecule has 2 N–H and O–H groups in total. The molecule has 1 heterocycles. The van der Waals surface area contributed by atoms with Crippen molar-refractivity contribution in [2.45, 2.75) is 30.2 Å². The first-order chi connectivity index (χ1) is 10.6. The van der Waals surface area contributed by atoms with Gasteiger partial charge in [-0.05, 0) is 36.8 Å². The molecule has 1 aliphatic rings. The quantitative estimate of drug-likeness (QED) is 0.787. The number of hydrogen-bond donors (Lipinski definition) is 2. The molecule has 120 valence electrons. The molecule has 2 rings (SSSR count). The number of carbonyl (C=O) groups excluding carboxylic acids is 1. The van der Waals surface area contributed by atoms with Crippen molar-refractivity contribution in [2.75, 3.05) is 19.5 Å². The van der Waals surface area contributed by atoms with E-state index in [1.165, 1.54) is 0 Å². The van der Waals surface area contributed by atoms with E-state index in [0.29, 0.717) is 26.1 Å². The number of carboxylic acid groups (broad SMARTS) is 1. The molecule has 1 unspecified atom stereocenters. The predicted octanol–water partition coefficient (Wildman–Crippen LogP) is 2.47. The summed E-state index contributed by atoms with van der Waals surface area (Å²) in [5.41, 5.74) is 0.820. The smallest absolute Gasteiger partial charge is 0.305 e. The van der Waals surface area contributed by atoms with E-state index in [2.05, 4.69) is 5.32 Å². The van der Waals surface area contributed by atoms with Crippen molar-refractivity contribution in [3.8, 4) is 0 Å². The zero-order valence-corrected chi connectivity index (χ0v) is 13.4. The number of carbonyl (C=O) groups is 2. The van der Waals surface area contributed by atoms with Gasteiger partial charge in [-0.1, -0.05) is 12.1 Å². The summed E-state index contributed by atoms with van der Waals surface area (Å²) >= 11 is 1.62. The number of ether oxygens (including phenoxy) is 1. The molecule has 0 saturated carbocycles. The molecular weight excluding hydrogens is 302 g/mol. The van der Waals surface area contributed by atoms with Crippen LogP contribution in [0.4, 0.5) is 0 Å². The number of benzene rings is 1. The van der Waals surface area contributed by atoms with Crippen LogP contribution in [0.3, 0.4) is 0 Å². The van der Waals surface area contributed by atoms with E-state index in [9.17, 15) is 9.59 Å². The third-order valence-corrected chi connectivity index (χ3v) is 4.55. The van der Waals surface area contributed by atoms with Crippen LogP contribution < -0.4 is 5.32 Å². The number of carboxylic acids is 1. The second-order valence-electron chi connectivity index (χ2n) is 5.32. The van der Waals surface area contributed by atoms with Crippen molar-refractivity contribution in [1.29, 1.82) is 0 Å². The molecule has 1 atom stereocenters. The van der Waals surface area contributed by atoms with E-state index < -0.39 is 12.0 Å². The molecule has 0 aliphatic carbocycles. The molecule has 1 saturated heterocycles.